The molecule has 0 spiro atoms. The summed E-state index contributed by atoms with van der Waals surface area (Å²) in [5.41, 5.74) is 8.59. The highest BCUT2D eigenvalue weighted by Crippen LogP contribution is 2.71. The largest absolute Gasteiger partial charge is 0.472 e. The molecule has 4 aliphatic rings. The van der Waals surface area contributed by atoms with Crippen molar-refractivity contribution in [1.82, 2.24) is 5.43 Å². The van der Waals surface area contributed by atoms with Crippen LogP contribution in [0.4, 0.5) is 0 Å². The minimum atomic E-state index is -1.05. The Morgan fingerprint density at radius 2 is 1.97 bits per heavy atom. The summed E-state index contributed by atoms with van der Waals surface area (Å²) in [7, 11) is 0. The van der Waals surface area contributed by atoms with Crippen LogP contribution < -0.4 is 11.2 Å². The van der Waals surface area contributed by atoms with Crippen molar-refractivity contribution in [3.8, 4) is 0 Å². The van der Waals surface area contributed by atoms with Crippen LogP contribution in [0.3, 0.4) is 0 Å². The lowest BCUT2D eigenvalue weighted by molar-refractivity contribution is -0.221. The number of guanidine groups is 1. The van der Waals surface area contributed by atoms with Crippen LogP contribution in [-0.2, 0) is 5.60 Å². The standard InChI is InChI=1S/C24H34N4O3/c1-21-8-5-17(27-28-20(25)26)13-15(21)3-4-19-18(21)6-9-22(2)23(29,10-11-24(19,22)30)16-7-12-31-14-16/h7,12-14,18-19,29-30H,3-6,8-11H2,1-2H3,(H4,25,26,28)/t18-,19-,21+,22-,23?,24-/m1/s1. The summed E-state index contributed by atoms with van der Waals surface area (Å²) < 4.78 is 5.30. The molecule has 0 aromatic carbocycles. The average Bonchev–Trinajstić information content (AvgIpc) is 3.34. The smallest absolute Gasteiger partial charge is 0.206 e. The second-order valence-corrected chi connectivity index (χ2v) is 10.6. The lowest BCUT2D eigenvalue weighted by Crippen LogP contribution is -2.63. The lowest BCUT2D eigenvalue weighted by Gasteiger charge is -2.62. The maximum Gasteiger partial charge on any atom is 0.206 e. The predicted octanol–water partition coefficient (Wildman–Crippen LogP) is 3.38. The van der Waals surface area contributed by atoms with Gasteiger partial charge in [-0.05, 0) is 80.8 Å². The number of allylic oxidation sites excluding steroid dienone is 2. The fourth-order valence-corrected chi connectivity index (χ4v) is 7.74. The van der Waals surface area contributed by atoms with Gasteiger partial charge in [0.25, 0.3) is 0 Å². The van der Waals surface area contributed by atoms with Crippen LogP contribution in [0.25, 0.3) is 0 Å². The Kier molecular flexibility index (Phi) is 4.48. The van der Waals surface area contributed by atoms with Crippen LogP contribution >= 0.6 is 0 Å². The Morgan fingerprint density at radius 1 is 1.16 bits per heavy atom. The number of nitrogens with zero attached hydrogens (tertiary/aromatic N) is 1. The van der Waals surface area contributed by atoms with E-state index in [4.69, 9.17) is 15.6 Å². The zero-order valence-electron chi connectivity index (χ0n) is 18.4. The van der Waals surface area contributed by atoms with E-state index < -0.39 is 16.6 Å². The molecule has 3 saturated carbocycles. The topological polar surface area (TPSA) is 128 Å². The molecule has 168 valence electrons. The van der Waals surface area contributed by atoms with Crippen LogP contribution in [0, 0.1) is 28.1 Å². The first-order chi connectivity index (χ1) is 14.6. The number of hydrogen-bond donors (Lipinski definition) is 5. The van der Waals surface area contributed by atoms with E-state index in [1.807, 2.05) is 6.07 Å². The number of hydrogen-bond acceptors (Lipinski definition) is 5. The van der Waals surface area contributed by atoms with Crippen molar-refractivity contribution in [2.45, 2.75) is 76.4 Å². The third kappa shape index (κ3) is 2.65. The minimum absolute atomic E-state index is 0.0333. The molecule has 31 heavy (non-hydrogen) atoms. The van der Waals surface area contributed by atoms with Crippen molar-refractivity contribution in [3.63, 3.8) is 0 Å². The van der Waals surface area contributed by atoms with Crippen molar-refractivity contribution in [2.75, 3.05) is 0 Å². The highest BCUT2D eigenvalue weighted by Gasteiger charge is 2.71. The lowest BCUT2D eigenvalue weighted by atomic mass is 9.44. The number of furan rings is 1. The van der Waals surface area contributed by atoms with Gasteiger partial charge in [0.1, 0.15) is 5.60 Å². The Hall–Kier alpha value is -2.12. The molecule has 7 nitrogen and oxygen atoms in total. The molecule has 1 aromatic rings. The normalized spacial score (nSPS) is 45.4. The van der Waals surface area contributed by atoms with Gasteiger partial charge >= 0.3 is 0 Å². The molecule has 0 saturated heterocycles. The van der Waals surface area contributed by atoms with Gasteiger partial charge in [0.2, 0.25) is 5.96 Å². The average molecular weight is 427 g/mol. The number of nitrogens with two attached hydrogens (primary N) is 1. The van der Waals surface area contributed by atoms with Gasteiger partial charge in [0.05, 0.1) is 23.8 Å². The molecular weight excluding hydrogens is 392 g/mol. The number of hydrazone groups is 1. The summed E-state index contributed by atoms with van der Waals surface area (Å²) in [6.45, 7) is 4.45. The highest BCUT2D eigenvalue weighted by atomic mass is 16.3. The molecule has 0 bridgehead atoms. The molecule has 6 N–H and O–H groups in total. The maximum atomic E-state index is 12.2. The summed E-state index contributed by atoms with van der Waals surface area (Å²) in [5.74, 6) is 0.408. The third-order valence-electron chi connectivity index (χ3n) is 9.63. The first-order valence-corrected chi connectivity index (χ1v) is 11.5. The van der Waals surface area contributed by atoms with E-state index in [0.29, 0.717) is 18.8 Å². The number of aliphatic hydroxyl groups is 2. The monoisotopic (exact) mass is 426 g/mol. The van der Waals surface area contributed by atoms with Gasteiger partial charge in [-0.3, -0.25) is 5.41 Å². The molecule has 7 heteroatoms. The summed E-state index contributed by atoms with van der Waals surface area (Å²) in [6, 6.07) is 1.85. The Morgan fingerprint density at radius 3 is 2.68 bits per heavy atom. The summed E-state index contributed by atoms with van der Waals surface area (Å²) >= 11 is 0. The molecule has 0 radical (unpaired) electrons. The first-order valence-electron chi connectivity index (χ1n) is 11.5. The van der Waals surface area contributed by atoms with Crippen molar-refractivity contribution in [2.24, 2.45) is 33.5 Å². The number of fused-ring (bicyclic) bond motifs is 5. The molecule has 6 atom stereocenters. The van der Waals surface area contributed by atoms with Gasteiger partial charge in [-0.1, -0.05) is 19.4 Å². The van der Waals surface area contributed by atoms with E-state index in [1.165, 1.54) is 5.57 Å². The first kappa shape index (κ1) is 20.8. The Bertz CT molecular complexity index is 956. The molecule has 5 rings (SSSR count). The van der Waals surface area contributed by atoms with Crippen LogP contribution in [0.1, 0.15) is 70.8 Å². The Balaban J connectivity index is 1.48. The van der Waals surface area contributed by atoms with E-state index in [1.54, 1.807) is 12.5 Å². The molecule has 1 heterocycles. The van der Waals surface area contributed by atoms with Crippen molar-refractivity contribution in [1.29, 1.82) is 5.41 Å². The van der Waals surface area contributed by atoms with Gasteiger partial charge in [0, 0.05) is 11.0 Å². The zero-order chi connectivity index (χ0) is 22.1. The molecule has 1 unspecified atom stereocenters. The molecule has 0 amide bonds. The summed E-state index contributed by atoms with van der Waals surface area (Å²) in [5, 5.41) is 35.7. The zero-order valence-corrected chi connectivity index (χ0v) is 18.4. The SMILES string of the molecule is C[C@]12CCC(=NNC(=N)N)C=C1CC[C@@H]1[C@H]2CC[C@]2(C)C(O)(c3ccoc3)CC[C@@]12O. The highest BCUT2D eigenvalue weighted by molar-refractivity contribution is 5.97. The van der Waals surface area contributed by atoms with Crippen LogP contribution in [-0.4, -0.2) is 27.5 Å². The van der Waals surface area contributed by atoms with Gasteiger partial charge in [-0.15, -0.1) is 0 Å². The van der Waals surface area contributed by atoms with Gasteiger partial charge in [0.15, 0.2) is 0 Å². The quantitative estimate of drug-likeness (QED) is 0.281. The van der Waals surface area contributed by atoms with E-state index in [0.717, 1.165) is 49.8 Å². The second kappa shape index (κ2) is 6.69. The van der Waals surface area contributed by atoms with Crippen LogP contribution in [0.15, 0.2) is 39.8 Å². The second-order valence-electron chi connectivity index (χ2n) is 10.6. The number of rotatable bonds is 2. The summed E-state index contributed by atoms with van der Waals surface area (Å²) in [6.07, 6.45) is 12.1. The van der Waals surface area contributed by atoms with Crippen LogP contribution in [0.5, 0.6) is 0 Å². The van der Waals surface area contributed by atoms with Gasteiger partial charge in [-0.2, -0.15) is 5.10 Å². The third-order valence-corrected chi connectivity index (χ3v) is 9.63. The van der Waals surface area contributed by atoms with Gasteiger partial charge in [-0.25, -0.2) is 5.43 Å². The molecule has 4 aliphatic carbocycles. The van der Waals surface area contributed by atoms with E-state index in [9.17, 15) is 10.2 Å². The van der Waals surface area contributed by atoms with Gasteiger partial charge < -0.3 is 20.4 Å². The molecular formula is C24H34N4O3. The van der Waals surface area contributed by atoms with Crippen molar-refractivity contribution < 1.29 is 14.6 Å². The minimum Gasteiger partial charge on any atom is -0.472 e. The molecule has 3 fully saturated rings. The van der Waals surface area contributed by atoms with Crippen LogP contribution in [0.2, 0.25) is 0 Å². The van der Waals surface area contributed by atoms with E-state index in [-0.39, 0.29) is 17.3 Å². The Labute approximate surface area is 183 Å². The maximum absolute atomic E-state index is 12.2. The number of nitrogens with one attached hydrogen (secondary N) is 2. The van der Waals surface area contributed by atoms with Crippen molar-refractivity contribution >= 4 is 11.7 Å². The summed E-state index contributed by atoms with van der Waals surface area (Å²) in [4.78, 5) is 0. The van der Waals surface area contributed by atoms with E-state index in [2.05, 4.69) is 30.5 Å². The molecule has 0 aliphatic heterocycles. The van der Waals surface area contributed by atoms with Crippen molar-refractivity contribution in [3.05, 3.63) is 35.8 Å². The fourth-order valence-electron chi connectivity index (χ4n) is 7.74. The molecule has 1 aromatic heterocycles. The fraction of sp³-hybridized carbons (Fsp3) is 0.667. The van der Waals surface area contributed by atoms with E-state index >= 15 is 0 Å². The predicted molar refractivity (Wildman–Crippen MR) is 118 cm³/mol.